The van der Waals surface area contributed by atoms with Crippen LogP contribution in [0.2, 0.25) is 0 Å². The number of hydrogen-bond acceptors (Lipinski definition) is 0. The Kier molecular flexibility index (Phi) is 1.78. The van der Waals surface area contributed by atoms with E-state index < -0.39 is 12.5 Å². The fourth-order valence-electron chi connectivity index (χ4n) is 0.854. The molecule has 0 aromatic carbocycles. The zero-order valence-corrected chi connectivity index (χ0v) is 4.48. The van der Waals surface area contributed by atoms with Crippen LogP contribution in [0.15, 0.2) is 0 Å². The second-order valence-corrected chi connectivity index (χ2v) is 1.95. The smallest absolute Gasteiger partial charge is 0.233 e. The summed E-state index contributed by atoms with van der Waals surface area (Å²) in [5.41, 5.74) is 0. The van der Waals surface area contributed by atoms with Crippen molar-refractivity contribution in [3.05, 3.63) is 0 Å². The van der Waals surface area contributed by atoms with E-state index in [1.165, 1.54) is 0 Å². The lowest BCUT2D eigenvalue weighted by atomic mass is 10.2. The van der Waals surface area contributed by atoms with Crippen LogP contribution < -0.4 is 5.32 Å². The molecule has 1 saturated heterocycles. The van der Waals surface area contributed by atoms with Crippen molar-refractivity contribution in [2.45, 2.75) is 25.3 Å². The lowest BCUT2D eigenvalue weighted by Gasteiger charge is -2.03. The first-order chi connectivity index (χ1) is 3.80. The Hall–Kier alpha value is -0.180. The molecule has 0 spiro atoms. The van der Waals surface area contributed by atoms with Crippen LogP contribution in [-0.2, 0) is 0 Å². The molecule has 0 N–H and O–H groups in total. The molecular weight excluding hydrogens is 112 g/mol. The summed E-state index contributed by atoms with van der Waals surface area (Å²) in [7, 11) is 0. The Morgan fingerprint density at radius 2 is 2.25 bits per heavy atom. The van der Waals surface area contributed by atoms with Crippen LogP contribution in [0, 0.1) is 0 Å². The van der Waals surface area contributed by atoms with E-state index in [-0.39, 0.29) is 0 Å². The van der Waals surface area contributed by atoms with Gasteiger partial charge in [0, 0.05) is 6.54 Å². The molecule has 3 heteroatoms. The average Bonchev–Trinajstić information content (AvgIpc) is 2.12. The first-order valence-electron chi connectivity index (χ1n) is 2.75. The van der Waals surface area contributed by atoms with Crippen molar-refractivity contribution in [1.29, 1.82) is 0 Å². The minimum atomic E-state index is -2.22. The van der Waals surface area contributed by atoms with Crippen molar-refractivity contribution < 1.29 is 8.78 Å². The summed E-state index contributed by atoms with van der Waals surface area (Å²) in [5, 5.41) is 3.69. The van der Waals surface area contributed by atoms with Gasteiger partial charge in [-0.1, -0.05) is 0 Å². The van der Waals surface area contributed by atoms with Gasteiger partial charge in [0.05, 0.1) is 6.04 Å². The third kappa shape index (κ3) is 1.15. The molecule has 1 fully saturated rings. The number of hydrogen-bond donors (Lipinski definition) is 0. The normalized spacial score (nSPS) is 29.6. The molecule has 1 rings (SSSR count). The lowest BCUT2D eigenvalue weighted by molar-refractivity contribution is 0.106. The molecule has 0 bridgehead atoms. The number of halogens is 2. The SMILES string of the molecule is FC(F)[C@@H]1CCC[N]1. The standard InChI is InChI=1S/C5H8F2N/c6-5(7)4-2-1-3-8-4/h4-5H,1-3H2/t4-/m0/s1. The van der Waals surface area contributed by atoms with E-state index in [0.717, 1.165) is 6.42 Å². The first-order valence-corrected chi connectivity index (χ1v) is 2.75. The monoisotopic (exact) mass is 120 g/mol. The Bertz CT molecular complexity index is 68.8. The largest absolute Gasteiger partial charge is 0.255 e. The zero-order chi connectivity index (χ0) is 5.98. The van der Waals surface area contributed by atoms with Gasteiger partial charge in [0.2, 0.25) is 0 Å². The maximum atomic E-state index is 11.6. The van der Waals surface area contributed by atoms with Crippen molar-refractivity contribution in [3.63, 3.8) is 0 Å². The third-order valence-corrected chi connectivity index (χ3v) is 1.31. The minimum Gasteiger partial charge on any atom is -0.233 e. The van der Waals surface area contributed by atoms with Gasteiger partial charge in [-0.2, -0.15) is 0 Å². The molecule has 8 heavy (non-hydrogen) atoms. The van der Waals surface area contributed by atoms with Gasteiger partial charge in [0.25, 0.3) is 6.43 Å². The average molecular weight is 120 g/mol. The first kappa shape index (κ1) is 5.95. The highest BCUT2D eigenvalue weighted by molar-refractivity contribution is 4.74. The quantitative estimate of drug-likeness (QED) is 0.490. The molecule has 1 heterocycles. The van der Waals surface area contributed by atoms with Crippen LogP contribution in [0.4, 0.5) is 8.78 Å². The second kappa shape index (κ2) is 2.40. The molecule has 1 atom stereocenters. The van der Waals surface area contributed by atoms with Crippen LogP contribution in [0.3, 0.4) is 0 Å². The summed E-state index contributed by atoms with van der Waals surface area (Å²) in [4.78, 5) is 0. The fourth-order valence-corrected chi connectivity index (χ4v) is 0.854. The molecular formula is C5H8F2N. The molecule has 0 aliphatic carbocycles. The summed E-state index contributed by atoms with van der Waals surface area (Å²) in [5.74, 6) is 0. The topological polar surface area (TPSA) is 14.1 Å². The Labute approximate surface area is 47.1 Å². The zero-order valence-electron chi connectivity index (χ0n) is 4.48. The van der Waals surface area contributed by atoms with Gasteiger partial charge < -0.3 is 0 Å². The van der Waals surface area contributed by atoms with Gasteiger partial charge in [-0.25, -0.2) is 14.1 Å². The number of rotatable bonds is 1. The highest BCUT2D eigenvalue weighted by atomic mass is 19.3. The van der Waals surface area contributed by atoms with E-state index >= 15 is 0 Å². The number of alkyl halides is 2. The van der Waals surface area contributed by atoms with Crippen molar-refractivity contribution in [2.75, 3.05) is 6.54 Å². The lowest BCUT2D eigenvalue weighted by Crippen LogP contribution is -2.22. The predicted molar refractivity (Wildman–Crippen MR) is 26.0 cm³/mol. The summed E-state index contributed by atoms with van der Waals surface area (Å²) in [6, 6.07) is -0.644. The van der Waals surface area contributed by atoms with Crippen LogP contribution in [-0.4, -0.2) is 19.0 Å². The maximum Gasteiger partial charge on any atom is 0.255 e. The number of nitrogens with zero attached hydrogens (tertiary/aromatic N) is 1. The van der Waals surface area contributed by atoms with Crippen molar-refractivity contribution >= 4 is 0 Å². The van der Waals surface area contributed by atoms with Gasteiger partial charge in [0.15, 0.2) is 0 Å². The van der Waals surface area contributed by atoms with E-state index in [0.29, 0.717) is 13.0 Å². The Morgan fingerprint density at radius 3 is 2.50 bits per heavy atom. The molecule has 1 nitrogen and oxygen atoms in total. The highest BCUT2D eigenvalue weighted by Crippen LogP contribution is 2.13. The molecule has 0 amide bonds. The fraction of sp³-hybridized carbons (Fsp3) is 1.00. The van der Waals surface area contributed by atoms with E-state index in [9.17, 15) is 8.78 Å². The van der Waals surface area contributed by atoms with Crippen molar-refractivity contribution in [3.8, 4) is 0 Å². The molecule has 47 valence electrons. The van der Waals surface area contributed by atoms with Gasteiger partial charge in [-0.3, -0.25) is 0 Å². The predicted octanol–water partition coefficient (Wildman–Crippen LogP) is 1.02. The molecule has 1 aliphatic rings. The highest BCUT2D eigenvalue weighted by Gasteiger charge is 2.24. The van der Waals surface area contributed by atoms with Crippen molar-refractivity contribution in [1.82, 2.24) is 5.32 Å². The van der Waals surface area contributed by atoms with Gasteiger partial charge in [-0.15, -0.1) is 0 Å². The molecule has 0 aromatic heterocycles. The minimum absolute atomic E-state index is 0.581. The maximum absolute atomic E-state index is 11.6. The van der Waals surface area contributed by atoms with Gasteiger partial charge in [-0.05, 0) is 12.8 Å². The van der Waals surface area contributed by atoms with Crippen LogP contribution in [0.1, 0.15) is 12.8 Å². The molecule has 0 unspecified atom stereocenters. The molecule has 1 aliphatic heterocycles. The van der Waals surface area contributed by atoms with Gasteiger partial charge in [0.1, 0.15) is 0 Å². The molecule has 1 radical (unpaired) electrons. The second-order valence-electron chi connectivity index (χ2n) is 1.95. The molecule has 0 aromatic rings. The third-order valence-electron chi connectivity index (χ3n) is 1.31. The van der Waals surface area contributed by atoms with Crippen LogP contribution >= 0.6 is 0 Å². The van der Waals surface area contributed by atoms with E-state index in [4.69, 9.17) is 0 Å². The van der Waals surface area contributed by atoms with Crippen molar-refractivity contribution in [2.24, 2.45) is 0 Å². The Morgan fingerprint density at radius 1 is 1.50 bits per heavy atom. The summed E-state index contributed by atoms with van der Waals surface area (Å²) < 4.78 is 23.3. The van der Waals surface area contributed by atoms with E-state index in [1.807, 2.05) is 0 Å². The summed E-state index contributed by atoms with van der Waals surface area (Å²) >= 11 is 0. The van der Waals surface area contributed by atoms with Crippen LogP contribution in [0.5, 0.6) is 0 Å². The van der Waals surface area contributed by atoms with Crippen LogP contribution in [0.25, 0.3) is 0 Å². The van der Waals surface area contributed by atoms with E-state index in [1.54, 1.807) is 0 Å². The summed E-state index contributed by atoms with van der Waals surface area (Å²) in [6.45, 7) is 0.634. The van der Waals surface area contributed by atoms with Gasteiger partial charge >= 0.3 is 0 Å². The Balaban J connectivity index is 2.24. The molecule has 0 saturated carbocycles. The summed E-state index contributed by atoms with van der Waals surface area (Å²) in [6.07, 6.45) is -0.801. The van der Waals surface area contributed by atoms with E-state index in [2.05, 4.69) is 5.32 Å².